The lowest BCUT2D eigenvalue weighted by Gasteiger charge is -2.32. The summed E-state index contributed by atoms with van der Waals surface area (Å²) in [6, 6.07) is 22.3. The van der Waals surface area contributed by atoms with Crippen molar-refractivity contribution < 1.29 is 9.59 Å². The van der Waals surface area contributed by atoms with E-state index >= 15 is 0 Å². The Morgan fingerprint density at radius 3 is 2.26 bits per heavy atom. The van der Waals surface area contributed by atoms with Crippen molar-refractivity contribution in [2.75, 3.05) is 0 Å². The highest BCUT2D eigenvalue weighted by Gasteiger charge is 2.31. The van der Waals surface area contributed by atoms with Gasteiger partial charge in [-0.15, -0.1) is 0 Å². The molecular formula is C29H32Cl2N2O2. The Bertz CT molecular complexity index is 1150. The van der Waals surface area contributed by atoms with Crippen LogP contribution in [0.2, 0.25) is 10.0 Å². The number of benzene rings is 3. The molecule has 2 unspecified atom stereocenters. The van der Waals surface area contributed by atoms with Crippen molar-refractivity contribution in [2.45, 2.75) is 58.7 Å². The van der Waals surface area contributed by atoms with E-state index in [1.165, 1.54) is 0 Å². The number of nitrogens with one attached hydrogen (secondary N) is 1. The Balaban J connectivity index is 1.99. The molecule has 6 heteroatoms. The second kappa shape index (κ2) is 12.8. The van der Waals surface area contributed by atoms with Crippen molar-refractivity contribution in [2.24, 2.45) is 0 Å². The van der Waals surface area contributed by atoms with Crippen LogP contribution >= 0.6 is 23.2 Å². The predicted octanol–water partition coefficient (Wildman–Crippen LogP) is 6.40. The van der Waals surface area contributed by atoms with Crippen molar-refractivity contribution >= 4 is 35.0 Å². The summed E-state index contributed by atoms with van der Waals surface area (Å²) in [7, 11) is 0. The molecule has 0 saturated carbocycles. The molecule has 2 amide bonds. The molecule has 0 aliphatic rings. The topological polar surface area (TPSA) is 49.4 Å². The van der Waals surface area contributed by atoms with E-state index in [-0.39, 0.29) is 30.8 Å². The molecule has 4 nitrogen and oxygen atoms in total. The van der Waals surface area contributed by atoms with Gasteiger partial charge in [0.25, 0.3) is 0 Å². The fourth-order valence-electron chi connectivity index (χ4n) is 3.93. The molecule has 0 fully saturated rings. The lowest BCUT2D eigenvalue weighted by atomic mass is 10.0. The van der Waals surface area contributed by atoms with Gasteiger partial charge in [-0.25, -0.2) is 0 Å². The van der Waals surface area contributed by atoms with Gasteiger partial charge in [-0.05, 0) is 49.1 Å². The van der Waals surface area contributed by atoms with Crippen LogP contribution in [0.25, 0.3) is 0 Å². The molecule has 0 radical (unpaired) electrons. The molecule has 0 spiro atoms. The van der Waals surface area contributed by atoms with E-state index in [1.54, 1.807) is 17.0 Å². The number of amides is 2. The zero-order chi connectivity index (χ0) is 25.4. The van der Waals surface area contributed by atoms with Gasteiger partial charge >= 0.3 is 0 Å². The van der Waals surface area contributed by atoms with Gasteiger partial charge in [-0.2, -0.15) is 0 Å². The highest BCUT2D eigenvalue weighted by molar-refractivity contribution is 6.42. The Labute approximate surface area is 218 Å². The van der Waals surface area contributed by atoms with Crippen LogP contribution in [0.4, 0.5) is 0 Å². The van der Waals surface area contributed by atoms with Crippen LogP contribution < -0.4 is 5.32 Å². The van der Waals surface area contributed by atoms with Gasteiger partial charge in [0.2, 0.25) is 11.8 Å². The standard InChI is InChI=1S/C29H32Cl2N2O2/c1-4-21(3)32-29(35)27(17-22-10-6-5-7-11-22)33(19-24-13-14-25(30)26(31)16-24)28(34)18-23-12-8-9-20(2)15-23/h5-16,21,27H,4,17-19H2,1-3H3,(H,32,35). The molecule has 3 aromatic rings. The Morgan fingerprint density at radius 2 is 1.60 bits per heavy atom. The highest BCUT2D eigenvalue weighted by atomic mass is 35.5. The summed E-state index contributed by atoms with van der Waals surface area (Å²) >= 11 is 12.4. The minimum Gasteiger partial charge on any atom is -0.352 e. The number of halogens is 2. The molecule has 184 valence electrons. The smallest absolute Gasteiger partial charge is 0.243 e. The lowest BCUT2D eigenvalue weighted by Crippen LogP contribution is -2.52. The maximum absolute atomic E-state index is 13.8. The van der Waals surface area contributed by atoms with Crippen molar-refractivity contribution in [1.82, 2.24) is 10.2 Å². The van der Waals surface area contributed by atoms with Gasteiger partial charge in [0.05, 0.1) is 16.5 Å². The molecule has 3 rings (SSSR count). The summed E-state index contributed by atoms with van der Waals surface area (Å²) in [6.07, 6.45) is 1.41. The molecule has 0 aliphatic carbocycles. The average molecular weight is 511 g/mol. The van der Waals surface area contributed by atoms with E-state index in [4.69, 9.17) is 23.2 Å². The molecule has 2 atom stereocenters. The van der Waals surface area contributed by atoms with E-state index < -0.39 is 6.04 Å². The fraction of sp³-hybridized carbons (Fsp3) is 0.310. The van der Waals surface area contributed by atoms with Crippen molar-refractivity contribution in [3.63, 3.8) is 0 Å². The Kier molecular flexibility index (Phi) is 9.76. The number of carbonyl (C=O) groups excluding carboxylic acids is 2. The molecule has 0 bridgehead atoms. The third kappa shape index (κ3) is 7.84. The summed E-state index contributed by atoms with van der Waals surface area (Å²) in [5.74, 6) is -0.289. The van der Waals surface area contributed by atoms with Crippen molar-refractivity contribution in [3.8, 4) is 0 Å². The van der Waals surface area contributed by atoms with Crippen LogP contribution in [0.5, 0.6) is 0 Å². The van der Waals surface area contributed by atoms with E-state index in [0.717, 1.165) is 28.7 Å². The first-order chi connectivity index (χ1) is 16.8. The van der Waals surface area contributed by atoms with Crippen LogP contribution in [-0.2, 0) is 29.0 Å². The Morgan fingerprint density at radius 1 is 0.886 bits per heavy atom. The summed E-state index contributed by atoms with van der Waals surface area (Å²) in [5.41, 5.74) is 3.79. The summed E-state index contributed by atoms with van der Waals surface area (Å²) in [6.45, 7) is 6.23. The number of carbonyl (C=O) groups is 2. The molecule has 0 aromatic heterocycles. The number of rotatable bonds is 10. The number of nitrogens with zero attached hydrogens (tertiary/aromatic N) is 1. The normalized spacial score (nSPS) is 12.6. The summed E-state index contributed by atoms with van der Waals surface area (Å²) in [5, 5.41) is 3.95. The second-order valence-electron chi connectivity index (χ2n) is 8.96. The SMILES string of the molecule is CCC(C)NC(=O)C(Cc1ccccc1)N(Cc1ccc(Cl)c(Cl)c1)C(=O)Cc1cccc(C)c1. The Hall–Kier alpha value is -2.82. The van der Waals surface area contributed by atoms with Gasteiger partial charge < -0.3 is 10.2 Å². The largest absolute Gasteiger partial charge is 0.352 e. The third-order valence-electron chi connectivity index (χ3n) is 6.05. The number of hydrogen-bond donors (Lipinski definition) is 1. The van der Waals surface area contributed by atoms with E-state index in [1.807, 2.05) is 81.4 Å². The number of aryl methyl sites for hydroxylation is 1. The zero-order valence-corrected chi connectivity index (χ0v) is 21.9. The molecule has 1 N–H and O–H groups in total. The van der Waals surface area contributed by atoms with Crippen LogP contribution in [0, 0.1) is 6.92 Å². The zero-order valence-electron chi connectivity index (χ0n) is 20.4. The maximum atomic E-state index is 13.8. The maximum Gasteiger partial charge on any atom is 0.243 e. The quantitative estimate of drug-likeness (QED) is 0.343. The average Bonchev–Trinajstić information content (AvgIpc) is 2.84. The molecule has 3 aromatic carbocycles. The molecule has 0 heterocycles. The van der Waals surface area contributed by atoms with Crippen molar-refractivity contribution in [1.29, 1.82) is 0 Å². The van der Waals surface area contributed by atoms with Crippen LogP contribution in [0.1, 0.15) is 42.5 Å². The molecule has 0 aliphatic heterocycles. The van der Waals surface area contributed by atoms with Gasteiger partial charge in [0.15, 0.2) is 0 Å². The highest BCUT2D eigenvalue weighted by Crippen LogP contribution is 2.25. The second-order valence-corrected chi connectivity index (χ2v) is 9.77. The first-order valence-corrected chi connectivity index (χ1v) is 12.7. The first-order valence-electron chi connectivity index (χ1n) is 11.9. The fourth-order valence-corrected chi connectivity index (χ4v) is 4.25. The summed E-state index contributed by atoms with van der Waals surface area (Å²) < 4.78 is 0. The number of hydrogen-bond acceptors (Lipinski definition) is 2. The van der Waals surface area contributed by atoms with E-state index in [0.29, 0.717) is 16.5 Å². The summed E-state index contributed by atoms with van der Waals surface area (Å²) in [4.78, 5) is 29.0. The third-order valence-corrected chi connectivity index (χ3v) is 6.79. The van der Waals surface area contributed by atoms with Gasteiger partial charge in [-0.3, -0.25) is 9.59 Å². The molecule has 35 heavy (non-hydrogen) atoms. The minimum atomic E-state index is -0.682. The van der Waals surface area contributed by atoms with Gasteiger partial charge in [0.1, 0.15) is 6.04 Å². The molecule has 0 saturated heterocycles. The predicted molar refractivity (Wildman–Crippen MR) is 144 cm³/mol. The lowest BCUT2D eigenvalue weighted by molar-refractivity contribution is -0.141. The van der Waals surface area contributed by atoms with Crippen molar-refractivity contribution in [3.05, 3.63) is 105 Å². The molecular weight excluding hydrogens is 479 g/mol. The van der Waals surface area contributed by atoms with Gasteiger partial charge in [-0.1, -0.05) is 96.4 Å². The van der Waals surface area contributed by atoms with E-state index in [9.17, 15) is 9.59 Å². The van der Waals surface area contributed by atoms with Crippen LogP contribution in [-0.4, -0.2) is 28.8 Å². The monoisotopic (exact) mass is 510 g/mol. The van der Waals surface area contributed by atoms with Crippen LogP contribution in [0.3, 0.4) is 0 Å². The van der Waals surface area contributed by atoms with Gasteiger partial charge in [0, 0.05) is 19.0 Å². The first kappa shape index (κ1) is 26.8. The minimum absolute atomic E-state index is 0.000486. The van der Waals surface area contributed by atoms with Crippen LogP contribution in [0.15, 0.2) is 72.8 Å². The van der Waals surface area contributed by atoms with E-state index in [2.05, 4.69) is 5.32 Å².